The summed E-state index contributed by atoms with van der Waals surface area (Å²) in [4.78, 5) is 11.3. The van der Waals surface area contributed by atoms with Gasteiger partial charge in [-0.05, 0) is 32.2 Å². The predicted molar refractivity (Wildman–Crippen MR) is 72.3 cm³/mol. The Labute approximate surface area is 122 Å². The lowest BCUT2D eigenvalue weighted by atomic mass is 10.2. The molecule has 112 valence electrons. The van der Waals surface area contributed by atoms with Crippen molar-refractivity contribution in [1.29, 1.82) is 0 Å². The summed E-state index contributed by atoms with van der Waals surface area (Å²) in [5.41, 5.74) is 0. The Kier molecular flexibility index (Phi) is 3.21. The summed E-state index contributed by atoms with van der Waals surface area (Å²) in [5, 5.41) is 8.18. The number of hydrogen-bond donors (Lipinski definition) is 0. The minimum Gasteiger partial charge on any atom is -0.339 e. The second-order valence-corrected chi connectivity index (χ2v) is 5.85. The fraction of sp³-hybridized carbons (Fsp3) is 0.714. The van der Waals surface area contributed by atoms with Gasteiger partial charge in [-0.25, -0.2) is 0 Å². The van der Waals surface area contributed by atoms with Gasteiger partial charge in [0.25, 0.3) is 0 Å². The van der Waals surface area contributed by atoms with Gasteiger partial charge in [0.1, 0.15) is 0 Å². The first kappa shape index (κ1) is 12.9. The van der Waals surface area contributed by atoms with Crippen LogP contribution in [0.4, 0.5) is 0 Å². The van der Waals surface area contributed by atoms with Crippen LogP contribution in [-0.4, -0.2) is 31.7 Å². The fourth-order valence-corrected chi connectivity index (χ4v) is 2.87. The normalized spacial score (nSPS) is 23.0. The largest absolute Gasteiger partial charge is 0.339 e. The van der Waals surface area contributed by atoms with E-state index in [1.54, 1.807) is 0 Å². The molecular weight excluding hydrogens is 270 g/mol. The molecule has 3 heterocycles. The molecule has 0 unspecified atom stereocenters. The van der Waals surface area contributed by atoms with Gasteiger partial charge < -0.3 is 9.05 Å². The number of nitrogens with zero attached hydrogens (tertiary/aromatic N) is 5. The van der Waals surface area contributed by atoms with Crippen LogP contribution in [0.15, 0.2) is 9.05 Å². The van der Waals surface area contributed by atoms with Crippen LogP contribution in [0.3, 0.4) is 0 Å². The van der Waals surface area contributed by atoms with Gasteiger partial charge in [-0.2, -0.15) is 9.97 Å². The quantitative estimate of drug-likeness (QED) is 0.834. The third-order valence-electron chi connectivity index (χ3n) is 4.21. The second-order valence-electron chi connectivity index (χ2n) is 5.85. The van der Waals surface area contributed by atoms with Gasteiger partial charge in [0, 0.05) is 12.3 Å². The first-order chi connectivity index (χ1) is 10.3. The van der Waals surface area contributed by atoms with Crippen molar-refractivity contribution in [3.63, 3.8) is 0 Å². The third-order valence-corrected chi connectivity index (χ3v) is 4.21. The first-order valence-corrected chi connectivity index (χ1v) is 7.72. The van der Waals surface area contributed by atoms with Crippen LogP contribution in [0.2, 0.25) is 0 Å². The third kappa shape index (κ3) is 2.57. The maximum Gasteiger partial charge on any atom is 0.240 e. The number of likely N-dealkylation sites (tertiary alicyclic amines) is 1. The summed E-state index contributed by atoms with van der Waals surface area (Å²) in [7, 11) is 0. The molecule has 2 aromatic heterocycles. The molecule has 1 saturated carbocycles. The van der Waals surface area contributed by atoms with E-state index in [1.807, 2.05) is 6.92 Å². The number of aromatic nitrogens is 4. The van der Waals surface area contributed by atoms with E-state index in [0.29, 0.717) is 24.2 Å². The molecule has 0 radical (unpaired) electrons. The van der Waals surface area contributed by atoms with Crippen molar-refractivity contribution in [3.05, 3.63) is 23.4 Å². The highest BCUT2D eigenvalue weighted by molar-refractivity contribution is 5.04. The minimum absolute atomic E-state index is 0.199. The van der Waals surface area contributed by atoms with E-state index in [0.717, 1.165) is 37.5 Å². The zero-order valence-electron chi connectivity index (χ0n) is 12.2. The molecule has 1 saturated heterocycles. The Balaban J connectivity index is 1.47. The molecule has 21 heavy (non-hydrogen) atoms. The molecule has 0 bridgehead atoms. The highest BCUT2D eigenvalue weighted by Gasteiger charge is 2.33. The van der Waals surface area contributed by atoms with Crippen LogP contribution >= 0.6 is 0 Å². The van der Waals surface area contributed by atoms with Gasteiger partial charge in [-0.1, -0.05) is 17.2 Å². The molecule has 2 fully saturated rings. The van der Waals surface area contributed by atoms with Crippen LogP contribution < -0.4 is 0 Å². The Bertz CT molecular complexity index is 618. The van der Waals surface area contributed by atoms with Crippen molar-refractivity contribution in [2.45, 2.75) is 57.5 Å². The molecule has 7 nitrogen and oxygen atoms in total. The van der Waals surface area contributed by atoms with Crippen molar-refractivity contribution in [2.75, 3.05) is 6.54 Å². The monoisotopic (exact) mass is 289 g/mol. The van der Waals surface area contributed by atoms with Gasteiger partial charge in [0.05, 0.1) is 12.6 Å². The van der Waals surface area contributed by atoms with Crippen LogP contribution in [0, 0.1) is 0 Å². The lowest BCUT2D eigenvalue weighted by Crippen LogP contribution is -2.23. The Hall–Kier alpha value is -1.76. The van der Waals surface area contributed by atoms with Crippen LogP contribution in [0.1, 0.15) is 68.0 Å². The number of rotatable bonds is 5. The van der Waals surface area contributed by atoms with E-state index in [-0.39, 0.29) is 6.04 Å². The van der Waals surface area contributed by atoms with E-state index in [1.165, 1.54) is 12.8 Å². The summed E-state index contributed by atoms with van der Waals surface area (Å²) >= 11 is 0. The van der Waals surface area contributed by atoms with Crippen LogP contribution in [0.25, 0.3) is 0 Å². The average Bonchev–Trinajstić information content (AvgIpc) is 2.94. The van der Waals surface area contributed by atoms with Gasteiger partial charge in [0.2, 0.25) is 11.8 Å². The molecule has 1 aliphatic heterocycles. The molecular formula is C14H19N5O2. The summed E-state index contributed by atoms with van der Waals surface area (Å²) in [6, 6.07) is 0.199. The summed E-state index contributed by atoms with van der Waals surface area (Å²) in [6.07, 6.45) is 5.33. The summed E-state index contributed by atoms with van der Waals surface area (Å²) < 4.78 is 10.6. The standard InChI is InChI=1S/C14H19N5O2/c1-2-11-15-14(18-20-11)10-4-3-7-19(10)8-12-16-13(17-21-12)9-5-6-9/h9-10H,2-8H2,1H3/t10-/m0/s1. The highest BCUT2D eigenvalue weighted by Crippen LogP contribution is 2.38. The first-order valence-electron chi connectivity index (χ1n) is 7.72. The Morgan fingerprint density at radius 2 is 1.81 bits per heavy atom. The van der Waals surface area contributed by atoms with E-state index >= 15 is 0 Å². The van der Waals surface area contributed by atoms with Crippen LogP contribution in [0.5, 0.6) is 0 Å². The highest BCUT2D eigenvalue weighted by atomic mass is 16.5. The molecule has 2 aromatic rings. The smallest absolute Gasteiger partial charge is 0.240 e. The van der Waals surface area contributed by atoms with Gasteiger partial charge >= 0.3 is 0 Å². The van der Waals surface area contributed by atoms with Crippen molar-refractivity contribution >= 4 is 0 Å². The summed E-state index contributed by atoms with van der Waals surface area (Å²) in [6.45, 7) is 3.68. The van der Waals surface area contributed by atoms with Crippen molar-refractivity contribution in [3.8, 4) is 0 Å². The number of aryl methyl sites for hydroxylation is 1. The van der Waals surface area contributed by atoms with Crippen molar-refractivity contribution in [2.24, 2.45) is 0 Å². The maximum atomic E-state index is 5.37. The van der Waals surface area contributed by atoms with Gasteiger partial charge in [0.15, 0.2) is 11.6 Å². The minimum atomic E-state index is 0.199. The van der Waals surface area contributed by atoms with Crippen molar-refractivity contribution in [1.82, 2.24) is 25.2 Å². The fourth-order valence-electron chi connectivity index (χ4n) is 2.87. The zero-order valence-corrected chi connectivity index (χ0v) is 12.2. The van der Waals surface area contributed by atoms with Crippen molar-refractivity contribution < 1.29 is 9.05 Å². The molecule has 7 heteroatoms. The number of hydrogen-bond acceptors (Lipinski definition) is 7. The molecule has 2 aliphatic rings. The lowest BCUT2D eigenvalue weighted by Gasteiger charge is -2.19. The molecule has 4 rings (SSSR count). The Morgan fingerprint density at radius 3 is 2.57 bits per heavy atom. The molecule has 0 aromatic carbocycles. The van der Waals surface area contributed by atoms with E-state index in [9.17, 15) is 0 Å². The second kappa shape index (κ2) is 5.22. The molecule has 0 amide bonds. The van der Waals surface area contributed by atoms with Gasteiger partial charge in [-0.3, -0.25) is 4.90 Å². The van der Waals surface area contributed by atoms with E-state index in [2.05, 4.69) is 25.2 Å². The predicted octanol–water partition coefficient (Wildman–Crippen LogP) is 2.23. The molecule has 1 aliphatic carbocycles. The van der Waals surface area contributed by atoms with E-state index in [4.69, 9.17) is 9.05 Å². The molecule has 0 spiro atoms. The zero-order chi connectivity index (χ0) is 14.2. The molecule has 1 atom stereocenters. The topological polar surface area (TPSA) is 81.1 Å². The van der Waals surface area contributed by atoms with Gasteiger partial charge in [-0.15, -0.1) is 0 Å². The van der Waals surface area contributed by atoms with Crippen LogP contribution in [-0.2, 0) is 13.0 Å². The average molecular weight is 289 g/mol. The molecule has 0 N–H and O–H groups in total. The lowest BCUT2D eigenvalue weighted by molar-refractivity contribution is 0.202. The summed E-state index contributed by atoms with van der Waals surface area (Å²) in [5.74, 6) is 3.58. The van der Waals surface area contributed by atoms with E-state index < -0.39 is 0 Å². The maximum absolute atomic E-state index is 5.37. The Morgan fingerprint density at radius 1 is 1.05 bits per heavy atom. The SMILES string of the molecule is CCc1nc([C@@H]2CCCN2Cc2nc(C3CC3)no2)no1.